The maximum Gasteiger partial charge on any atom is 0.271 e. The Morgan fingerprint density at radius 2 is 1.67 bits per heavy atom. The minimum atomic E-state index is -3.35. The van der Waals surface area contributed by atoms with E-state index in [1.54, 1.807) is 43.5 Å². The van der Waals surface area contributed by atoms with Crippen LogP contribution in [0.25, 0.3) is 0 Å². The van der Waals surface area contributed by atoms with E-state index in [1.807, 2.05) is 42.5 Å². The Kier molecular flexibility index (Phi) is 7.40. The fraction of sp³-hybridized carbons (Fsp3) is 0.241. The lowest BCUT2D eigenvalue weighted by Gasteiger charge is -2.30. The number of nitrogens with one attached hydrogen (secondary N) is 1. The predicted octanol–water partition coefficient (Wildman–Crippen LogP) is 5.12. The first-order valence-electron chi connectivity index (χ1n) is 12.1. The zero-order chi connectivity index (χ0) is 25.8. The first kappa shape index (κ1) is 25.4. The lowest BCUT2D eigenvalue weighted by Crippen LogP contribution is -2.31. The Bertz CT molecular complexity index is 1400. The van der Waals surface area contributed by atoms with Crippen molar-refractivity contribution in [3.8, 4) is 0 Å². The van der Waals surface area contributed by atoms with E-state index in [0.29, 0.717) is 23.4 Å². The summed E-state index contributed by atoms with van der Waals surface area (Å²) < 4.78 is 25.4. The van der Waals surface area contributed by atoms with Crippen molar-refractivity contribution < 1.29 is 13.2 Å². The highest BCUT2D eigenvalue weighted by atomic mass is 32.2. The molecule has 186 valence electrons. The van der Waals surface area contributed by atoms with Gasteiger partial charge in [0.1, 0.15) is 0 Å². The third kappa shape index (κ3) is 4.97. The number of hydrogen-bond donors (Lipinski definition) is 1. The fourth-order valence-corrected chi connectivity index (χ4v) is 5.69. The topological polar surface area (TPSA) is 78.8 Å². The van der Waals surface area contributed by atoms with E-state index >= 15 is 0 Å². The second kappa shape index (κ2) is 10.5. The molecule has 1 heterocycles. The molecule has 6 nitrogen and oxygen atoms in total. The molecule has 3 aromatic carbocycles. The van der Waals surface area contributed by atoms with Crippen molar-refractivity contribution in [2.75, 3.05) is 17.2 Å². The summed E-state index contributed by atoms with van der Waals surface area (Å²) in [5.41, 5.74) is 6.70. The van der Waals surface area contributed by atoms with Crippen LogP contribution in [0.1, 0.15) is 42.3 Å². The summed E-state index contributed by atoms with van der Waals surface area (Å²) >= 11 is 0. The van der Waals surface area contributed by atoms with Crippen LogP contribution in [0, 0.1) is 0 Å². The summed E-state index contributed by atoms with van der Waals surface area (Å²) in [4.78, 5) is 14.9. The number of rotatable bonds is 8. The Labute approximate surface area is 213 Å². The Balaban J connectivity index is 1.74. The molecular weight excluding hydrogens is 470 g/mol. The van der Waals surface area contributed by atoms with Gasteiger partial charge in [-0.2, -0.15) is 5.10 Å². The van der Waals surface area contributed by atoms with Crippen LogP contribution < -0.4 is 10.3 Å². The highest BCUT2D eigenvalue weighted by molar-refractivity contribution is 7.91. The standard InChI is InChI=1S/C29H31N3O3S/c1-4-32-26-17-16-24(36(34,35)5-2)20-25(26)29(3,21-22-12-8-6-9-13-22)27(32)18-19-30-31-28(33)23-14-10-7-11-15-23/h6-20H,4-5,21H2,1-3H3,(H,31,33)/b27-18-,30-19+. The van der Waals surface area contributed by atoms with Crippen LogP contribution >= 0.6 is 0 Å². The van der Waals surface area contributed by atoms with Crippen molar-refractivity contribution in [2.24, 2.45) is 5.10 Å². The maximum atomic E-state index is 12.7. The predicted molar refractivity (Wildman–Crippen MR) is 145 cm³/mol. The first-order valence-corrected chi connectivity index (χ1v) is 13.7. The maximum absolute atomic E-state index is 12.7. The van der Waals surface area contributed by atoms with Crippen LogP contribution in [0.5, 0.6) is 0 Å². The molecular formula is C29H31N3O3S. The van der Waals surface area contributed by atoms with Crippen molar-refractivity contribution in [1.29, 1.82) is 0 Å². The van der Waals surface area contributed by atoms with Gasteiger partial charge in [-0.3, -0.25) is 4.79 Å². The smallest absolute Gasteiger partial charge is 0.271 e. The van der Waals surface area contributed by atoms with Gasteiger partial charge in [0.05, 0.1) is 10.6 Å². The van der Waals surface area contributed by atoms with E-state index in [-0.39, 0.29) is 11.7 Å². The van der Waals surface area contributed by atoms with Crippen LogP contribution in [0.2, 0.25) is 0 Å². The molecule has 1 unspecified atom stereocenters. The van der Waals surface area contributed by atoms with Gasteiger partial charge in [-0.25, -0.2) is 13.8 Å². The van der Waals surface area contributed by atoms with Crippen LogP contribution in [0.3, 0.4) is 0 Å². The second-order valence-electron chi connectivity index (χ2n) is 8.96. The molecule has 0 bridgehead atoms. The molecule has 1 amide bonds. The van der Waals surface area contributed by atoms with E-state index in [2.05, 4.69) is 41.4 Å². The molecule has 0 aromatic heterocycles. The van der Waals surface area contributed by atoms with Crippen molar-refractivity contribution >= 4 is 27.6 Å². The number of amides is 1. The molecule has 0 saturated heterocycles. The summed E-state index contributed by atoms with van der Waals surface area (Å²) in [7, 11) is -3.35. The van der Waals surface area contributed by atoms with E-state index < -0.39 is 15.3 Å². The van der Waals surface area contributed by atoms with Gasteiger partial charge < -0.3 is 4.90 Å². The van der Waals surface area contributed by atoms with Crippen LogP contribution in [0.4, 0.5) is 5.69 Å². The number of likely N-dealkylation sites (N-methyl/N-ethyl adjacent to an activating group) is 1. The third-order valence-corrected chi connectivity index (χ3v) is 8.41. The fourth-order valence-electron chi connectivity index (χ4n) is 4.78. The van der Waals surface area contributed by atoms with Gasteiger partial charge in [0.25, 0.3) is 5.91 Å². The number of anilines is 1. The van der Waals surface area contributed by atoms with E-state index in [0.717, 1.165) is 22.5 Å². The average molecular weight is 502 g/mol. The van der Waals surface area contributed by atoms with Gasteiger partial charge in [-0.15, -0.1) is 0 Å². The van der Waals surface area contributed by atoms with Gasteiger partial charge in [0, 0.05) is 35.1 Å². The minimum Gasteiger partial charge on any atom is -0.344 e. The summed E-state index contributed by atoms with van der Waals surface area (Å²) in [5, 5.41) is 4.16. The van der Waals surface area contributed by atoms with E-state index in [4.69, 9.17) is 0 Å². The van der Waals surface area contributed by atoms with E-state index in [9.17, 15) is 13.2 Å². The van der Waals surface area contributed by atoms with Crippen molar-refractivity contribution in [3.05, 3.63) is 107 Å². The SMILES string of the molecule is CCN1/C(=C\C=N\NC(=O)c2ccccc2)C(C)(Cc2ccccc2)c2cc(S(=O)(=O)CC)ccc21. The second-order valence-corrected chi connectivity index (χ2v) is 11.2. The Morgan fingerprint density at radius 3 is 2.31 bits per heavy atom. The zero-order valence-electron chi connectivity index (χ0n) is 20.8. The van der Waals surface area contributed by atoms with Gasteiger partial charge in [0.15, 0.2) is 9.84 Å². The lowest BCUT2D eigenvalue weighted by atomic mass is 9.76. The highest BCUT2D eigenvalue weighted by Gasteiger charge is 2.43. The number of carbonyl (C=O) groups excluding carboxylic acids is 1. The largest absolute Gasteiger partial charge is 0.344 e. The molecule has 0 fully saturated rings. The molecule has 0 spiro atoms. The number of hydrogen-bond acceptors (Lipinski definition) is 5. The normalized spacial score (nSPS) is 18.5. The average Bonchev–Trinajstić information content (AvgIpc) is 3.13. The number of benzene rings is 3. The third-order valence-electron chi connectivity index (χ3n) is 6.67. The summed E-state index contributed by atoms with van der Waals surface area (Å²) in [6.45, 7) is 6.57. The lowest BCUT2D eigenvalue weighted by molar-refractivity contribution is 0.0955. The number of fused-ring (bicyclic) bond motifs is 1. The highest BCUT2D eigenvalue weighted by Crippen LogP contribution is 2.50. The number of hydrazone groups is 1. The van der Waals surface area contributed by atoms with Crippen LogP contribution in [-0.2, 0) is 21.7 Å². The number of carbonyl (C=O) groups is 1. The Morgan fingerprint density at radius 1 is 1.00 bits per heavy atom. The van der Waals surface area contributed by atoms with E-state index in [1.165, 1.54) is 0 Å². The number of nitrogens with zero attached hydrogens (tertiary/aromatic N) is 2. The molecule has 36 heavy (non-hydrogen) atoms. The Hall–Kier alpha value is -3.71. The van der Waals surface area contributed by atoms with Gasteiger partial charge in [0.2, 0.25) is 0 Å². The summed E-state index contributed by atoms with van der Waals surface area (Å²) in [5.74, 6) is -0.233. The molecule has 4 rings (SSSR count). The van der Waals surface area contributed by atoms with Crippen molar-refractivity contribution in [3.63, 3.8) is 0 Å². The monoisotopic (exact) mass is 501 g/mol. The summed E-state index contributed by atoms with van der Waals surface area (Å²) in [6, 6.07) is 24.5. The molecule has 0 aliphatic carbocycles. The van der Waals surface area contributed by atoms with Crippen molar-refractivity contribution in [1.82, 2.24) is 5.43 Å². The first-order chi connectivity index (χ1) is 17.3. The van der Waals surface area contributed by atoms with Gasteiger partial charge in [-0.05, 0) is 67.8 Å². The minimum absolute atomic E-state index is 0.0507. The molecule has 0 saturated carbocycles. The molecule has 3 aromatic rings. The molecule has 1 aliphatic heterocycles. The van der Waals surface area contributed by atoms with Gasteiger partial charge in [-0.1, -0.05) is 55.5 Å². The molecule has 1 N–H and O–H groups in total. The molecule has 1 aliphatic rings. The summed E-state index contributed by atoms with van der Waals surface area (Å²) in [6.07, 6.45) is 4.19. The molecule has 0 radical (unpaired) electrons. The van der Waals surface area contributed by atoms with Crippen molar-refractivity contribution in [2.45, 2.75) is 37.5 Å². The van der Waals surface area contributed by atoms with Crippen LogP contribution in [-0.4, -0.2) is 32.8 Å². The number of sulfone groups is 1. The molecule has 1 atom stereocenters. The number of allylic oxidation sites excluding steroid dienone is 2. The van der Waals surface area contributed by atoms with Gasteiger partial charge >= 0.3 is 0 Å². The quantitative estimate of drug-likeness (QED) is 0.343. The molecule has 7 heteroatoms. The zero-order valence-corrected chi connectivity index (χ0v) is 21.6. The van der Waals surface area contributed by atoms with Crippen LogP contribution in [0.15, 0.2) is 101 Å².